The molecule has 2 aromatic carbocycles. The van der Waals surface area contributed by atoms with Crippen molar-refractivity contribution in [1.29, 1.82) is 0 Å². The van der Waals surface area contributed by atoms with Crippen molar-refractivity contribution in [3.8, 4) is 5.75 Å². The van der Waals surface area contributed by atoms with Crippen LogP contribution in [0, 0.1) is 0 Å². The molecule has 0 radical (unpaired) electrons. The van der Waals surface area contributed by atoms with Crippen LogP contribution < -0.4 is 10.1 Å². The number of nitrogens with zero attached hydrogens (tertiary/aromatic N) is 2. The van der Waals surface area contributed by atoms with E-state index in [2.05, 4.69) is 15.5 Å². The van der Waals surface area contributed by atoms with Crippen LogP contribution in [0.15, 0.2) is 70.9 Å². The second-order valence-corrected chi connectivity index (χ2v) is 5.72. The van der Waals surface area contributed by atoms with Crippen molar-refractivity contribution >= 4 is 28.5 Å². The van der Waals surface area contributed by atoms with Gasteiger partial charge in [0.1, 0.15) is 18.1 Å². The quantitative estimate of drug-likeness (QED) is 0.679. The van der Waals surface area contributed by atoms with E-state index in [9.17, 15) is 4.79 Å². The standard InChI is InChI=1S/C17H15N3O2S/c21-16-12-23-17(18-16)20-19-15(13-7-3-1-4-8-13)11-22-14-9-5-2-6-10-14/h1-10H,11-12H2,(H,18,20,21)/b19-15+. The number of para-hydroxylation sites is 1. The maximum Gasteiger partial charge on any atom is 0.236 e. The Kier molecular flexibility index (Phi) is 5.06. The van der Waals surface area contributed by atoms with E-state index in [1.807, 2.05) is 60.7 Å². The molecular weight excluding hydrogens is 310 g/mol. The molecule has 5 nitrogen and oxygen atoms in total. The molecule has 1 heterocycles. The smallest absolute Gasteiger partial charge is 0.236 e. The van der Waals surface area contributed by atoms with Crippen LogP contribution in [0.4, 0.5) is 0 Å². The summed E-state index contributed by atoms with van der Waals surface area (Å²) in [5, 5.41) is 11.6. The lowest BCUT2D eigenvalue weighted by Gasteiger charge is -2.08. The molecule has 23 heavy (non-hydrogen) atoms. The highest BCUT2D eigenvalue weighted by atomic mass is 32.2. The normalized spacial score (nSPS) is 16.4. The molecule has 0 unspecified atom stereocenters. The van der Waals surface area contributed by atoms with Gasteiger partial charge in [-0.15, -0.1) is 10.2 Å². The molecule has 116 valence electrons. The molecule has 1 fully saturated rings. The van der Waals surface area contributed by atoms with E-state index in [0.717, 1.165) is 11.3 Å². The number of ether oxygens (including phenoxy) is 1. The molecule has 1 amide bonds. The van der Waals surface area contributed by atoms with E-state index in [1.54, 1.807) is 0 Å². The van der Waals surface area contributed by atoms with Crippen LogP contribution in [0.25, 0.3) is 0 Å². The molecule has 0 bridgehead atoms. The van der Waals surface area contributed by atoms with Gasteiger partial charge < -0.3 is 10.1 Å². The predicted octanol–water partition coefficient (Wildman–Crippen LogP) is 2.69. The number of rotatable bonds is 5. The van der Waals surface area contributed by atoms with Gasteiger partial charge in [-0.05, 0) is 12.1 Å². The van der Waals surface area contributed by atoms with Crippen molar-refractivity contribution in [3.05, 3.63) is 66.2 Å². The second kappa shape index (κ2) is 7.60. The molecule has 0 aromatic heterocycles. The van der Waals surface area contributed by atoms with E-state index < -0.39 is 0 Å². The summed E-state index contributed by atoms with van der Waals surface area (Å²) >= 11 is 1.34. The molecule has 1 aliphatic heterocycles. The van der Waals surface area contributed by atoms with Gasteiger partial charge in [-0.2, -0.15) is 0 Å². The van der Waals surface area contributed by atoms with E-state index in [0.29, 0.717) is 23.2 Å². The topological polar surface area (TPSA) is 63.0 Å². The average Bonchev–Trinajstić information content (AvgIpc) is 3.02. The molecule has 0 aliphatic carbocycles. The third kappa shape index (κ3) is 4.43. The van der Waals surface area contributed by atoms with Crippen molar-refractivity contribution in [3.63, 3.8) is 0 Å². The Morgan fingerprint density at radius 3 is 2.43 bits per heavy atom. The monoisotopic (exact) mass is 325 g/mol. The second-order valence-electron chi connectivity index (χ2n) is 4.76. The van der Waals surface area contributed by atoms with Crippen molar-refractivity contribution in [1.82, 2.24) is 5.32 Å². The Bertz CT molecular complexity index is 730. The fraction of sp³-hybridized carbons (Fsp3) is 0.118. The van der Waals surface area contributed by atoms with Gasteiger partial charge in [0, 0.05) is 5.56 Å². The minimum Gasteiger partial charge on any atom is -0.487 e. The minimum atomic E-state index is -0.0502. The van der Waals surface area contributed by atoms with Gasteiger partial charge in [0.25, 0.3) is 0 Å². The zero-order chi connectivity index (χ0) is 15.9. The highest BCUT2D eigenvalue weighted by molar-refractivity contribution is 8.15. The molecule has 0 saturated carbocycles. The Morgan fingerprint density at radius 2 is 1.78 bits per heavy atom. The number of benzene rings is 2. The van der Waals surface area contributed by atoms with Crippen molar-refractivity contribution < 1.29 is 9.53 Å². The number of thioether (sulfide) groups is 1. The van der Waals surface area contributed by atoms with Crippen molar-refractivity contribution in [2.45, 2.75) is 0 Å². The van der Waals surface area contributed by atoms with Crippen LogP contribution in [-0.2, 0) is 4.79 Å². The summed E-state index contributed by atoms with van der Waals surface area (Å²) < 4.78 is 5.76. The minimum absolute atomic E-state index is 0.0502. The SMILES string of the molecule is O=C1CS/C(=N\N=C(/COc2ccccc2)c2ccccc2)N1. The number of amidine groups is 1. The summed E-state index contributed by atoms with van der Waals surface area (Å²) in [5.74, 6) is 1.10. The highest BCUT2D eigenvalue weighted by Gasteiger charge is 2.16. The molecule has 2 aromatic rings. The Hall–Kier alpha value is -2.60. The predicted molar refractivity (Wildman–Crippen MR) is 93.0 cm³/mol. The maximum atomic E-state index is 11.2. The highest BCUT2D eigenvalue weighted by Crippen LogP contribution is 2.12. The third-order valence-electron chi connectivity index (χ3n) is 3.07. The van der Waals surface area contributed by atoms with Gasteiger partial charge in [-0.25, -0.2) is 0 Å². The van der Waals surface area contributed by atoms with Crippen molar-refractivity contribution in [2.24, 2.45) is 10.2 Å². The van der Waals surface area contributed by atoms with Crippen LogP contribution in [0.1, 0.15) is 5.56 Å². The van der Waals surface area contributed by atoms with Gasteiger partial charge in [0.15, 0.2) is 5.17 Å². The fourth-order valence-corrected chi connectivity index (χ4v) is 2.58. The maximum absolute atomic E-state index is 11.2. The molecular formula is C17H15N3O2S. The first-order valence-corrected chi connectivity index (χ1v) is 8.10. The molecule has 1 saturated heterocycles. The van der Waals surface area contributed by atoms with Crippen molar-refractivity contribution in [2.75, 3.05) is 12.4 Å². The molecule has 6 heteroatoms. The Morgan fingerprint density at radius 1 is 1.09 bits per heavy atom. The summed E-state index contributed by atoms with van der Waals surface area (Å²) in [5.41, 5.74) is 1.63. The number of carbonyl (C=O) groups is 1. The van der Waals surface area contributed by atoms with Gasteiger partial charge >= 0.3 is 0 Å². The summed E-state index contributed by atoms with van der Waals surface area (Å²) in [7, 11) is 0. The average molecular weight is 325 g/mol. The van der Waals surface area contributed by atoms with E-state index in [1.165, 1.54) is 11.8 Å². The van der Waals surface area contributed by atoms with E-state index in [-0.39, 0.29) is 5.91 Å². The number of hydrogen-bond acceptors (Lipinski definition) is 5. The lowest BCUT2D eigenvalue weighted by Crippen LogP contribution is -2.20. The number of hydrogen-bond donors (Lipinski definition) is 1. The summed E-state index contributed by atoms with van der Waals surface area (Å²) in [4.78, 5) is 11.2. The molecule has 1 aliphatic rings. The summed E-state index contributed by atoms with van der Waals surface area (Å²) in [6.07, 6.45) is 0. The first-order valence-electron chi connectivity index (χ1n) is 7.12. The molecule has 0 atom stereocenters. The van der Waals surface area contributed by atoms with Gasteiger partial charge in [0.2, 0.25) is 5.91 Å². The first-order chi connectivity index (χ1) is 11.3. The van der Waals surface area contributed by atoms with E-state index >= 15 is 0 Å². The van der Waals surface area contributed by atoms with Gasteiger partial charge in [-0.1, -0.05) is 60.3 Å². The molecule has 0 spiro atoms. The lowest BCUT2D eigenvalue weighted by molar-refractivity contribution is -0.116. The molecule has 3 rings (SSSR count). The van der Waals surface area contributed by atoms with Crippen LogP contribution >= 0.6 is 11.8 Å². The largest absolute Gasteiger partial charge is 0.487 e. The number of nitrogens with one attached hydrogen (secondary N) is 1. The first kappa shape index (κ1) is 15.3. The van der Waals surface area contributed by atoms with Gasteiger partial charge in [0.05, 0.1) is 5.75 Å². The third-order valence-corrected chi connectivity index (χ3v) is 3.94. The van der Waals surface area contributed by atoms with Gasteiger partial charge in [-0.3, -0.25) is 4.79 Å². The Balaban J connectivity index is 1.78. The number of amides is 1. The molecule has 1 N–H and O–H groups in total. The van der Waals surface area contributed by atoms with Crippen LogP contribution in [0.5, 0.6) is 5.75 Å². The summed E-state index contributed by atoms with van der Waals surface area (Å²) in [6, 6.07) is 19.3. The van der Waals surface area contributed by atoms with Crippen LogP contribution in [0.2, 0.25) is 0 Å². The number of carbonyl (C=O) groups excluding carboxylic acids is 1. The van der Waals surface area contributed by atoms with Crippen LogP contribution in [0.3, 0.4) is 0 Å². The Labute approximate surface area is 138 Å². The zero-order valence-electron chi connectivity index (χ0n) is 12.3. The van der Waals surface area contributed by atoms with E-state index in [4.69, 9.17) is 4.74 Å². The zero-order valence-corrected chi connectivity index (χ0v) is 13.1. The van der Waals surface area contributed by atoms with Crippen LogP contribution in [-0.4, -0.2) is 29.1 Å². The lowest BCUT2D eigenvalue weighted by atomic mass is 10.1. The summed E-state index contributed by atoms with van der Waals surface area (Å²) in [6.45, 7) is 0.295. The fourth-order valence-electron chi connectivity index (χ4n) is 1.95.